The number of benzene rings is 2. The molecule has 171 valence electrons. The van der Waals surface area contributed by atoms with Crippen molar-refractivity contribution < 1.29 is 41.9 Å². The zero-order valence-corrected chi connectivity index (χ0v) is 22.4. The normalized spacial score (nSPS) is 10.3. The third-order valence-corrected chi connectivity index (χ3v) is 4.71. The van der Waals surface area contributed by atoms with Crippen molar-refractivity contribution in [1.82, 2.24) is 4.98 Å². The molecule has 0 saturated heterocycles. The van der Waals surface area contributed by atoms with E-state index in [0.29, 0.717) is 5.02 Å². The van der Waals surface area contributed by atoms with Crippen LogP contribution in [0.5, 0.6) is 0 Å². The Labute approximate surface area is 220 Å². The number of para-hydroxylation sites is 1. The molecule has 0 aliphatic carbocycles. The monoisotopic (exact) mass is 530 g/mol. The molecule has 0 fully saturated rings. The maximum atomic E-state index is 6.24. The van der Waals surface area contributed by atoms with Crippen LogP contribution < -0.4 is 24.8 Å². The third-order valence-electron chi connectivity index (χ3n) is 4.42. The minimum absolute atomic E-state index is 0. The molecular weight excluding hydrogens is 505 g/mol. The molecule has 1 radical (unpaired) electrons. The average Bonchev–Trinajstić information content (AvgIpc) is 2.69. The third kappa shape index (κ3) is 9.44. The minimum atomic E-state index is 0. The van der Waals surface area contributed by atoms with Gasteiger partial charge in [0.2, 0.25) is 0 Å². The van der Waals surface area contributed by atoms with Crippen LogP contribution >= 0.6 is 11.6 Å². The fourth-order valence-corrected chi connectivity index (χ4v) is 3.32. The number of rotatable bonds is 3. The first-order valence-electron chi connectivity index (χ1n) is 9.49. The molecule has 0 bridgehead atoms. The van der Waals surface area contributed by atoms with Gasteiger partial charge >= 0.3 is 17.1 Å². The van der Waals surface area contributed by atoms with Crippen LogP contribution in [0.25, 0.3) is 0 Å². The molecule has 0 aliphatic heterocycles. The van der Waals surface area contributed by atoms with Crippen LogP contribution in [-0.2, 0) is 17.1 Å². The Morgan fingerprint density at radius 1 is 0.906 bits per heavy atom. The van der Waals surface area contributed by atoms with Crippen molar-refractivity contribution in [1.29, 1.82) is 0 Å². The number of aromatic nitrogens is 1. The molecule has 0 unspecified atom stereocenters. The number of nitrogens with zero attached hydrogens (tertiary/aromatic N) is 3. The molecule has 1 aromatic heterocycles. The Hall–Kier alpha value is -1.68. The van der Waals surface area contributed by atoms with Crippen molar-refractivity contribution in [2.75, 3.05) is 0 Å². The molecule has 0 atom stereocenters. The van der Waals surface area contributed by atoms with Crippen LogP contribution in [-0.4, -0.2) is 16.9 Å². The maximum absolute atomic E-state index is 6.24. The Morgan fingerprint density at radius 2 is 1.53 bits per heavy atom. The van der Waals surface area contributed by atoms with Crippen molar-refractivity contribution in [3.8, 4) is 0 Å². The van der Waals surface area contributed by atoms with E-state index in [1.807, 2.05) is 52.0 Å². The Morgan fingerprint density at radius 3 is 2.03 bits per heavy atom. The van der Waals surface area contributed by atoms with Gasteiger partial charge in [-0.05, 0) is 44.0 Å². The summed E-state index contributed by atoms with van der Waals surface area (Å²) in [5.41, 5.74) is 8.46. The Kier molecular flexibility index (Phi) is 16.3. The molecule has 3 nitrogen and oxygen atoms in total. The number of halogens is 3. The topological polar surface area (TPSA) is 37.6 Å². The first-order valence-corrected chi connectivity index (χ1v) is 9.87. The SMILES string of the molecule is CC(=Nc1c(C)cc(C)cc1Cl)c1cccnc1.C[C-]=Nc1c(C)cccc1C.[Cl-].[Cl-].[Fe+3]. The molecule has 0 aliphatic rings. The maximum Gasteiger partial charge on any atom is 3.00 e. The van der Waals surface area contributed by atoms with E-state index in [0.717, 1.165) is 33.8 Å². The van der Waals surface area contributed by atoms with Crippen LogP contribution in [0.4, 0.5) is 11.4 Å². The van der Waals surface area contributed by atoms with E-state index in [2.05, 4.69) is 53.2 Å². The molecule has 3 aromatic rings. The molecule has 32 heavy (non-hydrogen) atoms. The quantitative estimate of drug-likeness (QED) is 0.286. The zero-order valence-electron chi connectivity index (χ0n) is 19.0. The number of aryl methyl sites for hydroxylation is 4. The number of aliphatic imine (C=N–C) groups is 2. The van der Waals surface area contributed by atoms with Gasteiger partial charge in [-0.15, -0.1) is 18.1 Å². The second-order valence-electron chi connectivity index (χ2n) is 6.93. The predicted molar refractivity (Wildman–Crippen MR) is 126 cm³/mol. The van der Waals surface area contributed by atoms with Gasteiger partial charge in [0.1, 0.15) is 0 Å². The van der Waals surface area contributed by atoms with Gasteiger partial charge < -0.3 is 29.8 Å². The summed E-state index contributed by atoms with van der Waals surface area (Å²) in [4.78, 5) is 12.9. The summed E-state index contributed by atoms with van der Waals surface area (Å²) < 4.78 is 0. The first kappa shape index (κ1) is 32.5. The van der Waals surface area contributed by atoms with Crippen LogP contribution in [0, 0.1) is 27.7 Å². The summed E-state index contributed by atoms with van der Waals surface area (Å²) >= 11 is 6.24. The minimum Gasteiger partial charge on any atom is -1.00 e. The molecule has 7 heteroatoms. The van der Waals surface area contributed by atoms with Gasteiger partial charge in [0.05, 0.1) is 10.7 Å². The Bertz CT molecular complexity index is 993. The largest absolute Gasteiger partial charge is 3.00 e. The van der Waals surface area contributed by atoms with E-state index in [9.17, 15) is 0 Å². The molecule has 1 heterocycles. The van der Waals surface area contributed by atoms with E-state index in [-0.39, 0.29) is 41.9 Å². The predicted octanol–water partition coefficient (Wildman–Crippen LogP) is 1.40. The van der Waals surface area contributed by atoms with Crippen LogP contribution in [0.2, 0.25) is 5.02 Å². The number of pyridine rings is 1. The van der Waals surface area contributed by atoms with Crippen molar-refractivity contribution in [2.45, 2.75) is 41.5 Å². The molecule has 0 saturated carbocycles. The Balaban J connectivity index is 0. The van der Waals surface area contributed by atoms with Crippen LogP contribution in [0.1, 0.15) is 41.7 Å². The zero-order chi connectivity index (χ0) is 21.4. The van der Waals surface area contributed by atoms with Crippen LogP contribution in [0.3, 0.4) is 0 Å². The van der Waals surface area contributed by atoms with E-state index in [1.165, 1.54) is 11.1 Å². The van der Waals surface area contributed by atoms with E-state index in [1.54, 1.807) is 12.4 Å². The van der Waals surface area contributed by atoms with Gasteiger partial charge in [-0.3, -0.25) is 9.98 Å². The second-order valence-corrected chi connectivity index (χ2v) is 7.33. The van der Waals surface area contributed by atoms with Crippen molar-refractivity contribution in [3.05, 3.63) is 87.7 Å². The fraction of sp³-hybridized carbons (Fsp3) is 0.240. The van der Waals surface area contributed by atoms with Gasteiger partial charge in [0.25, 0.3) is 0 Å². The van der Waals surface area contributed by atoms with Crippen molar-refractivity contribution >= 4 is 34.9 Å². The van der Waals surface area contributed by atoms with Crippen molar-refractivity contribution in [3.63, 3.8) is 0 Å². The standard InChI is InChI=1S/C15H15ClN2.C10H12N.2ClH.Fe/c1-10-7-11(2)15(14(16)8-10)18-12(3)13-5-4-6-17-9-13;1-4-11-10-8(2)6-5-7-9(10)3;;;/h4-9H,1-3H3;5-7H,1-3H3;2*1H;/q;-1;;;+3/p-2. The summed E-state index contributed by atoms with van der Waals surface area (Å²) in [5, 5.41) is 0.691. The smallest absolute Gasteiger partial charge is 1.00 e. The van der Waals surface area contributed by atoms with E-state index in [4.69, 9.17) is 11.6 Å². The summed E-state index contributed by atoms with van der Waals surface area (Å²) in [7, 11) is 0. The van der Waals surface area contributed by atoms with Gasteiger partial charge in [-0.25, -0.2) is 0 Å². The molecule has 3 rings (SSSR count). The molecule has 0 N–H and O–H groups in total. The summed E-state index contributed by atoms with van der Waals surface area (Å²) in [6.45, 7) is 11.9. The molecule has 2 aromatic carbocycles. The van der Waals surface area contributed by atoms with Crippen LogP contribution in [0.15, 0.2) is 64.8 Å². The summed E-state index contributed by atoms with van der Waals surface area (Å²) in [6, 6.07) is 14.1. The molecule has 0 spiro atoms. The molecular formula is C25H27Cl3FeN3. The van der Waals surface area contributed by atoms with Gasteiger partial charge in [-0.2, -0.15) is 6.21 Å². The van der Waals surface area contributed by atoms with Crippen molar-refractivity contribution in [2.24, 2.45) is 9.98 Å². The van der Waals surface area contributed by atoms with Gasteiger partial charge in [-0.1, -0.05) is 61.5 Å². The first-order chi connectivity index (χ1) is 13.8. The van der Waals surface area contributed by atoms with E-state index >= 15 is 0 Å². The van der Waals surface area contributed by atoms with Gasteiger partial charge in [0.15, 0.2) is 0 Å². The average molecular weight is 532 g/mol. The van der Waals surface area contributed by atoms with E-state index < -0.39 is 0 Å². The summed E-state index contributed by atoms with van der Waals surface area (Å²) in [5.74, 6) is 0. The number of hydrogen-bond acceptors (Lipinski definition) is 3. The molecule has 0 amide bonds. The summed E-state index contributed by atoms with van der Waals surface area (Å²) in [6.07, 6.45) is 6.34. The second kappa shape index (κ2) is 16.0. The van der Waals surface area contributed by atoms with Gasteiger partial charge in [0, 0.05) is 23.7 Å². The fourth-order valence-electron chi connectivity index (χ4n) is 2.95. The number of hydrogen-bond donors (Lipinski definition) is 0.